The Kier molecular flexibility index (Phi) is 6.01. The van der Waals surface area contributed by atoms with Crippen molar-refractivity contribution < 1.29 is 18.7 Å². The van der Waals surface area contributed by atoms with Crippen molar-refractivity contribution in [1.82, 2.24) is 10.3 Å². The van der Waals surface area contributed by atoms with Crippen molar-refractivity contribution in [2.75, 3.05) is 0 Å². The fraction of sp³-hybridized carbons (Fsp3) is 0.0435. The zero-order valence-corrected chi connectivity index (χ0v) is 16.6. The predicted molar refractivity (Wildman–Crippen MR) is 113 cm³/mol. The maximum atomic E-state index is 13.0. The fourth-order valence-electron chi connectivity index (χ4n) is 2.66. The van der Waals surface area contributed by atoms with Crippen LogP contribution in [0.2, 0.25) is 0 Å². The third kappa shape index (κ3) is 5.21. The van der Waals surface area contributed by atoms with Crippen LogP contribution in [-0.2, 0) is 6.54 Å². The summed E-state index contributed by atoms with van der Waals surface area (Å²) in [7, 11) is 0. The number of benzene rings is 3. The van der Waals surface area contributed by atoms with Gasteiger partial charge in [-0.1, -0.05) is 29.5 Å². The molecule has 0 radical (unpaired) electrons. The third-order valence-corrected chi connectivity index (χ3v) is 4.78. The van der Waals surface area contributed by atoms with Gasteiger partial charge in [0, 0.05) is 23.7 Å². The Balaban J connectivity index is 1.34. The van der Waals surface area contributed by atoms with Crippen molar-refractivity contribution in [3.8, 4) is 22.4 Å². The van der Waals surface area contributed by atoms with Crippen LogP contribution in [0.5, 0.6) is 22.4 Å². The van der Waals surface area contributed by atoms with E-state index in [-0.39, 0.29) is 11.7 Å². The largest absolute Gasteiger partial charge is 0.457 e. The molecule has 5 nitrogen and oxygen atoms in total. The number of aromatic nitrogens is 1. The van der Waals surface area contributed by atoms with E-state index in [0.29, 0.717) is 34.6 Å². The van der Waals surface area contributed by atoms with E-state index >= 15 is 0 Å². The third-order valence-electron chi connectivity index (χ3n) is 4.14. The summed E-state index contributed by atoms with van der Waals surface area (Å²) in [6.07, 6.45) is 1.68. The molecule has 7 heteroatoms. The summed E-state index contributed by atoms with van der Waals surface area (Å²) in [5.74, 6) is 1.12. The summed E-state index contributed by atoms with van der Waals surface area (Å²) in [5, 5.41) is 5.31. The lowest BCUT2D eigenvalue weighted by Gasteiger charge is -2.09. The van der Waals surface area contributed by atoms with Crippen molar-refractivity contribution >= 4 is 17.2 Å². The molecule has 150 valence electrons. The molecule has 4 aromatic rings. The summed E-state index contributed by atoms with van der Waals surface area (Å²) in [6.45, 7) is 0.374. The van der Waals surface area contributed by atoms with Crippen LogP contribution >= 0.6 is 11.3 Å². The highest BCUT2D eigenvalue weighted by atomic mass is 32.1. The highest BCUT2D eigenvalue weighted by molar-refractivity contribution is 7.11. The van der Waals surface area contributed by atoms with Gasteiger partial charge in [0.05, 0.1) is 0 Å². The second-order valence-corrected chi connectivity index (χ2v) is 7.17. The minimum absolute atomic E-state index is 0.220. The van der Waals surface area contributed by atoms with Crippen LogP contribution in [0.3, 0.4) is 0 Å². The highest BCUT2D eigenvalue weighted by Crippen LogP contribution is 2.24. The Morgan fingerprint density at radius 3 is 2.40 bits per heavy atom. The van der Waals surface area contributed by atoms with Gasteiger partial charge in [0.1, 0.15) is 23.1 Å². The van der Waals surface area contributed by atoms with Crippen LogP contribution in [-0.4, -0.2) is 10.9 Å². The number of rotatable bonds is 7. The number of nitrogens with zero attached hydrogens (tertiary/aromatic N) is 1. The summed E-state index contributed by atoms with van der Waals surface area (Å²) in [5.41, 5.74) is 1.41. The molecule has 1 aromatic heterocycles. The molecule has 0 unspecified atom stereocenters. The van der Waals surface area contributed by atoms with Gasteiger partial charge in [-0.05, 0) is 60.2 Å². The van der Waals surface area contributed by atoms with Gasteiger partial charge >= 0.3 is 0 Å². The minimum Gasteiger partial charge on any atom is -0.457 e. The number of hydrogen-bond donors (Lipinski definition) is 1. The van der Waals surface area contributed by atoms with Crippen LogP contribution < -0.4 is 14.8 Å². The van der Waals surface area contributed by atoms with E-state index in [2.05, 4.69) is 10.3 Å². The molecule has 0 fully saturated rings. The summed E-state index contributed by atoms with van der Waals surface area (Å²) in [6, 6.07) is 20.0. The number of hydrogen-bond acceptors (Lipinski definition) is 5. The monoisotopic (exact) mass is 420 g/mol. The average Bonchev–Trinajstić information content (AvgIpc) is 3.28. The topological polar surface area (TPSA) is 60.5 Å². The van der Waals surface area contributed by atoms with Crippen molar-refractivity contribution in [1.29, 1.82) is 0 Å². The van der Waals surface area contributed by atoms with E-state index in [1.165, 1.54) is 35.6 Å². The van der Waals surface area contributed by atoms with Crippen LogP contribution in [0.4, 0.5) is 4.39 Å². The number of amides is 1. The summed E-state index contributed by atoms with van der Waals surface area (Å²) < 4.78 is 24.3. The molecule has 0 aliphatic carbocycles. The molecule has 0 atom stereocenters. The van der Waals surface area contributed by atoms with Crippen LogP contribution in [0.1, 0.15) is 15.9 Å². The normalized spacial score (nSPS) is 10.4. The van der Waals surface area contributed by atoms with Gasteiger partial charge < -0.3 is 14.8 Å². The number of carbonyl (C=O) groups is 1. The van der Waals surface area contributed by atoms with E-state index < -0.39 is 0 Å². The first kappa shape index (κ1) is 19.6. The molecule has 30 heavy (non-hydrogen) atoms. The maximum absolute atomic E-state index is 13.0. The lowest BCUT2D eigenvalue weighted by Crippen LogP contribution is -2.22. The SMILES string of the molecule is O=C(NCc1ccc(Oc2nccs2)cc1)c1cccc(Oc2ccc(F)cc2)c1. The van der Waals surface area contributed by atoms with Crippen molar-refractivity contribution in [2.45, 2.75) is 6.54 Å². The van der Waals surface area contributed by atoms with Gasteiger partial charge in [-0.2, -0.15) is 0 Å². The molecule has 1 amide bonds. The number of thiazole rings is 1. The quantitative estimate of drug-likeness (QED) is 0.411. The van der Waals surface area contributed by atoms with Gasteiger partial charge in [-0.25, -0.2) is 9.37 Å². The van der Waals surface area contributed by atoms with E-state index in [1.807, 2.05) is 29.6 Å². The predicted octanol–water partition coefficient (Wildman–Crippen LogP) is 5.80. The van der Waals surface area contributed by atoms with Crippen LogP contribution in [0, 0.1) is 5.82 Å². The summed E-state index contributed by atoms with van der Waals surface area (Å²) in [4.78, 5) is 16.6. The minimum atomic E-state index is -0.335. The molecule has 1 N–H and O–H groups in total. The molecule has 0 saturated carbocycles. The number of halogens is 1. The Labute approximate surface area is 176 Å². The molecule has 0 spiro atoms. The first-order valence-electron chi connectivity index (χ1n) is 9.14. The summed E-state index contributed by atoms with van der Waals surface area (Å²) >= 11 is 1.42. The Hall–Kier alpha value is -3.71. The standard InChI is InChI=1S/C23H17FN2O3S/c24-18-6-10-19(11-7-18)28-21-3-1-2-17(14-21)22(27)26-15-16-4-8-20(9-5-16)29-23-25-12-13-30-23/h1-14H,15H2,(H,26,27). The van der Waals surface area contributed by atoms with Crippen molar-refractivity contribution in [2.24, 2.45) is 0 Å². The molecular weight excluding hydrogens is 403 g/mol. The van der Waals surface area contributed by atoms with Crippen LogP contribution in [0.15, 0.2) is 84.4 Å². The number of nitrogens with one attached hydrogen (secondary N) is 1. The molecule has 4 rings (SSSR count). The molecule has 0 aliphatic heterocycles. The zero-order chi connectivity index (χ0) is 20.8. The van der Waals surface area contributed by atoms with Gasteiger partial charge in [0.25, 0.3) is 11.1 Å². The lowest BCUT2D eigenvalue weighted by molar-refractivity contribution is 0.0950. The lowest BCUT2D eigenvalue weighted by atomic mass is 10.2. The maximum Gasteiger partial charge on any atom is 0.278 e. The molecular formula is C23H17FN2O3S. The van der Waals surface area contributed by atoms with E-state index in [1.54, 1.807) is 30.5 Å². The molecule has 3 aromatic carbocycles. The van der Waals surface area contributed by atoms with E-state index in [9.17, 15) is 9.18 Å². The van der Waals surface area contributed by atoms with Gasteiger partial charge in [0.2, 0.25) is 0 Å². The molecule has 0 bridgehead atoms. The second-order valence-electron chi connectivity index (χ2n) is 6.31. The van der Waals surface area contributed by atoms with Crippen molar-refractivity contribution in [3.05, 3.63) is 101 Å². The van der Waals surface area contributed by atoms with E-state index in [4.69, 9.17) is 9.47 Å². The highest BCUT2D eigenvalue weighted by Gasteiger charge is 2.08. The number of carbonyl (C=O) groups excluding carboxylic acids is 1. The average molecular weight is 420 g/mol. The second kappa shape index (κ2) is 9.19. The number of ether oxygens (including phenoxy) is 2. The van der Waals surface area contributed by atoms with Gasteiger partial charge in [-0.15, -0.1) is 0 Å². The zero-order valence-electron chi connectivity index (χ0n) is 15.7. The fourth-order valence-corrected chi connectivity index (χ4v) is 3.17. The van der Waals surface area contributed by atoms with E-state index in [0.717, 1.165) is 5.56 Å². The van der Waals surface area contributed by atoms with Crippen LogP contribution in [0.25, 0.3) is 0 Å². The van der Waals surface area contributed by atoms with Crippen molar-refractivity contribution in [3.63, 3.8) is 0 Å². The Bertz CT molecular complexity index is 1110. The first-order chi connectivity index (χ1) is 14.7. The molecule has 1 heterocycles. The molecule has 0 saturated heterocycles. The smallest absolute Gasteiger partial charge is 0.278 e. The van der Waals surface area contributed by atoms with Gasteiger partial charge in [0.15, 0.2) is 0 Å². The van der Waals surface area contributed by atoms with Gasteiger partial charge in [-0.3, -0.25) is 4.79 Å². The first-order valence-corrected chi connectivity index (χ1v) is 10.0. The Morgan fingerprint density at radius 2 is 1.67 bits per heavy atom. The Morgan fingerprint density at radius 1 is 0.933 bits per heavy atom. The molecule has 0 aliphatic rings.